The summed E-state index contributed by atoms with van der Waals surface area (Å²) in [5.74, 6) is 0. The molecule has 0 fully saturated rings. The fraction of sp³-hybridized carbons (Fsp3) is 0.294. The number of rotatable bonds is 2. The van der Waals surface area contributed by atoms with Crippen LogP contribution in [0.2, 0.25) is 0 Å². The van der Waals surface area contributed by atoms with Gasteiger partial charge in [0.1, 0.15) is 6.10 Å². The van der Waals surface area contributed by atoms with Gasteiger partial charge in [-0.3, -0.25) is 0 Å². The summed E-state index contributed by atoms with van der Waals surface area (Å²) in [6.45, 7) is 5.46. The molecule has 0 aliphatic carbocycles. The molecule has 1 unspecified atom stereocenters. The third-order valence-electron chi connectivity index (χ3n) is 3.62. The number of benzene rings is 2. The van der Waals surface area contributed by atoms with Gasteiger partial charge in [-0.25, -0.2) is 0 Å². The lowest BCUT2D eigenvalue weighted by atomic mass is 9.96. The minimum absolute atomic E-state index is 0.565. The Bertz CT molecular complexity index is 596. The molecule has 1 aliphatic rings. The highest BCUT2D eigenvalue weighted by Crippen LogP contribution is 2.28. The van der Waals surface area contributed by atoms with Crippen LogP contribution in [-0.2, 0) is 18.0 Å². The van der Waals surface area contributed by atoms with Gasteiger partial charge < -0.3 is 9.84 Å². The number of aliphatic hydroxyl groups is 1. The number of hydrogen-bond donors (Lipinski definition) is 1. The number of aryl methyl sites for hydroxylation is 2. The number of hydrogen-bond acceptors (Lipinski definition) is 2. The average Bonchev–Trinajstić information content (AvgIpc) is 2.83. The summed E-state index contributed by atoms with van der Waals surface area (Å²) >= 11 is 0. The van der Waals surface area contributed by atoms with E-state index in [1.54, 1.807) is 0 Å². The largest absolute Gasteiger partial charge is 0.384 e. The van der Waals surface area contributed by atoms with Crippen molar-refractivity contribution in [3.8, 4) is 0 Å². The maximum absolute atomic E-state index is 10.5. The highest BCUT2D eigenvalue weighted by molar-refractivity contribution is 5.39. The van der Waals surface area contributed by atoms with Crippen LogP contribution >= 0.6 is 0 Å². The van der Waals surface area contributed by atoms with Crippen molar-refractivity contribution >= 4 is 0 Å². The van der Waals surface area contributed by atoms with Crippen molar-refractivity contribution in [1.29, 1.82) is 0 Å². The molecule has 2 heteroatoms. The zero-order chi connectivity index (χ0) is 13.4. The maximum atomic E-state index is 10.5. The molecule has 0 saturated heterocycles. The summed E-state index contributed by atoms with van der Waals surface area (Å²) in [5, 5.41) is 10.5. The highest BCUT2D eigenvalue weighted by atomic mass is 16.5. The molecule has 98 valence electrons. The van der Waals surface area contributed by atoms with Gasteiger partial charge in [0.05, 0.1) is 13.2 Å². The molecule has 1 atom stereocenters. The Morgan fingerprint density at radius 1 is 0.895 bits per heavy atom. The van der Waals surface area contributed by atoms with E-state index in [2.05, 4.69) is 32.0 Å². The normalized spacial score (nSPS) is 15.3. The second-order valence-corrected chi connectivity index (χ2v) is 5.34. The Kier molecular flexibility index (Phi) is 3.13. The monoisotopic (exact) mass is 254 g/mol. The van der Waals surface area contributed by atoms with Gasteiger partial charge in [-0.2, -0.15) is 0 Å². The number of fused-ring (bicyclic) bond motifs is 1. The smallest absolute Gasteiger partial charge is 0.104 e. The van der Waals surface area contributed by atoms with Crippen LogP contribution in [0.4, 0.5) is 0 Å². The van der Waals surface area contributed by atoms with Crippen LogP contribution in [0.1, 0.15) is 39.5 Å². The van der Waals surface area contributed by atoms with Gasteiger partial charge in [-0.05, 0) is 36.1 Å². The maximum Gasteiger partial charge on any atom is 0.104 e. The summed E-state index contributed by atoms with van der Waals surface area (Å²) in [5.41, 5.74) is 6.68. The van der Waals surface area contributed by atoms with Gasteiger partial charge in [0.25, 0.3) is 0 Å². The Labute approximate surface area is 113 Å². The molecular weight excluding hydrogens is 236 g/mol. The first-order valence-corrected chi connectivity index (χ1v) is 6.59. The fourth-order valence-corrected chi connectivity index (χ4v) is 2.72. The standard InChI is InChI=1S/C17H18O2/c1-11-5-12(2)7-15(6-11)17(18)13-3-4-14-9-19-10-16(14)8-13/h3-8,17-18H,9-10H2,1-2H3. The van der Waals surface area contributed by atoms with E-state index in [1.807, 2.05) is 18.2 Å². The van der Waals surface area contributed by atoms with E-state index in [9.17, 15) is 5.11 Å². The molecule has 1 N–H and O–H groups in total. The van der Waals surface area contributed by atoms with E-state index in [0.717, 1.165) is 11.1 Å². The molecule has 0 amide bonds. The molecule has 1 aliphatic heterocycles. The molecule has 2 aromatic carbocycles. The molecule has 2 aromatic rings. The van der Waals surface area contributed by atoms with E-state index in [-0.39, 0.29) is 0 Å². The first-order chi connectivity index (χ1) is 9.13. The zero-order valence-corrected chi connectivity index (χ0v) is 11.3. The SMILES string of the molecule is Cc1cc(C)cc(C(O)c2ccc3c(c2)COC3)c1. The highest BCUT2D eigenvalue weighted by Gasteiger charge is 2.16. The summed E-state index contributed by atoms with van der Waals surface area (Å²) in [6.07, 6.45) is -0.565. The lowest BCUT2D eigenvalue weighted by Crippen LogP contribution is -2.01. The van der Waals surface area contributed by atoms with E-state index in [0.29, 0.717) is 13.2 Å². The molecule has 0 radical (unpaired) electrons. The van der Waals surface area contributed by atoms with E-state index in [1.165, 1.54) is 22.3 Å². The molecule has 2 nitrogen and oxygen atoms in total. The number of aliphatic hydroxyl groups excluding tert-OH is 1. The van der Waals surface area contributed by atoms with Crippen LogP contribution in [0, 0.1) is 13.8 Å². The van der Waals surface area contributed by atoms with Crippen LogP contribution in [0.3, 0.4) is 0 Å². The van der Waals surface area contributed by atoms with Crippen LogP contribution < -0.4 is 0 Å². The summed E-state index contributed by atoms with van der Waals surface area (Å²) in [7, 11) is 0. The fourth-order valence-electron chi connectivity index (χ4n) is 2.72. The van der Waals surface area contributed by atoms with Crippen LogP contribution in [0.25, 0.3) is 0 Å². The summed E-state index contributed by atoms with van der Waals surface area (Å²) in [4.78, 5) is 0. The van der Waals surface area contributed by atoms with Crippen LogP contribution in [-0.4, -0.2) is 5.11 Å². The Morgan fingerprint density at radius 3 is 2.32 bits per heavy atom. The van der Waals surface area contributed by atoms with Crippen molar-refractivity contribution in [2.24, 2.45) is 0 Å². The Balaban J connectivity index is 1.97. The molecule has 0 bridgehead atoms. The van der Waals surface area contributed by atoms with E-state index < -0.39 is 6.10 Å². The van der Waals surface area contributed by atoms with Gasteiger partial charge in [-0.15, -0.1) is 0 Å². The minimum atomic E-state index is -0.565. The van der Waals surface area contributed by atoms with Crippen molar-refractivity contribution in [2.75, 3.05) is 0 Å². The van der Waals surface area contributed by atoms with Gasteiger partial charge >= 0.3 is 0 Å². The lowest BCUT2D eigenvalue weighted by molar-refractivity contribution is 0.134. The zero-order valence-electron chi connectivity index (χ0n) is 11.3. The predicted octanol–water partition coefficient (Wildman–Crippen LogP) is 3.42. The molecule has 3 rings (SSSR count). The van der Waals surface area contributed by atoms with Crippen molar-refractivity contribution in [1.82, 2.24) is 0 Å². The van der Waals surface area contributed by atoms with Gasteiger partial charge in [-0.1, -0.05) is 47.5 Å². The molecule has 0 saturated carbocycles. The molecule has 0 spiro atoms. The Morgan fingerprint density at radius 2 is 1.58 bits per heavy atom. The Hall–Kier alpha value is -1.64. The third kappa shape index (κ3) is 2.42. The van der Waals surface area contributed by atoms with Crippen LogP contribution in [0.15, 0.2) is 36.4 Å². The first-order valence-electron chi connectivity index (χ1n) is 6.59. The molecule has 0 aromatic heterocycles. The first kappa shape index (κ1) is 12.4. The van der Waals surface area contributed by atoms with E-state index in [4.69, 9.17) is 4.74 Å². The molecule has 1 heterocycles. The van der Waals surface area contributed by atoms with Gasteiger partial charge in [0.2, 0.25) is 0 Å². The quantitative estimate of drug-likeness (QED) is 0.890. The van der Waals surface area contributed by atoms with Crippen molar-refractivity contribution in [2.45, 2.75) is 33.2 Å². The lowest BCUT2D eigenvalue weighted by Gasteiger charge is -2.14. The van der Waals surface area contributed by atoms with Gasteiger partial charge in [0, 0.05) is 0 Å². The average molecular weight is 254 g/mol. The third-order valence-corrected chi connectivity index (χ3v) is 3.62. The van der Waals surface area contributed by atoms with Crippen molar-refractivity contribution < 1.29 is 9.84 Å². The van der Waals surface area contributed by atoms with Gasteiger partial charge in [0.15, 0.2) is 0 Å². The topological polar surface area (TPSA) is 29.5 Å². The minimum Gasteiger partial charge on any atom is -0.384 e. The second kappa shape index (κ2) is 4.80. The summed E-state index contributed by atoms with van der Waals surface area (Å²) < 4.78 is 5.41. The predicted molar refractivity (Wildman–Crippen MR) is 74.9 cm³/mol. The second-order valence-electron chi connectivity index (χ2n) is 5.34. The van der Waals surface area contributed by atoms with Crippen molar-refractivity contribution in [3.63, 3.8) is 0 Å². The molecular formula is C17H18O2. The molecule has 19 heavy (non-hydrogen) atoms. The summed E-state index contributed by atoms with van der Waals surface area (Å²) in [6, 6.07) is 12.3. The van der Waals surface area contributed by atoms with Crippen LogP contribution in [0.5, 0.6) is 0 Å². The number of ether oxygens (including phenoxy) is 1. The van der Waals surface area contributed by atoms with E-state index >= 15 is 0 Å². The van der Waals surface area contributed by atoms with Crippen molar-refractivity contribution in [3.05, 3.63) is 69.8 Å².